The molecule has 0 spiro atoms. The zero-order valence-electron chi connectivity index (χ0n) is 12.8. The third-order valence-electron chi connectivity index (χ3n) is 4.06. The molecular weight excluding hydrogens is 248 g/mol. The molecule has 0 saturated carbocycles. The molecule has 2 N–H and O–H groups in total. The van der Waals surface area contributed by atoms with Crippen molar-refractivity contribution in [2.24, 2.45) is 5.73 Å². The molecule has 1 aromatic carbocycles. The molecule has 112 valence electrons. The van der Waals surface area contributed by atoms with Gasteiger partial charge in [-0.05, 0) is 43.4 Å². The maximum atomic E-state index is 6.07. The summed E-state index contributed by atoms with van der Waals surface area (Å²) < 4.78 is 5.90. The summed E-state index contributed by atoms with van der Waals surface area (Å²) >= 11 is 0. The van der Waals surface area contributed by atoms with Crippen LogP contribution in [0, 0.1) is 0 Å². The standard InChI is InChI=1S/C17H28N2O/c1-3-12-20-16-6-5-11-19(13-16)15-9-7-14(8-10-15)17(18)4-2/h7-10,16-17H,3-6,11-13,18H2,1-2H3. The van der Waals surface area contributed by atoms with Crippen LogP contribution in [-0.4, -0.2) is 25.8 Å². The summed E-state index contributed by atoms with van der Waals surface area (Å²) in [4.78, 5) is 2.44. The lowest BCUT2D eigenvalue weighted by Crippen LogP contribution is -2.39. The molecule has 0 aromatic heterocycles. The van der Waals surface area contributed by atoms with Gasteiger partial charge in [0.2, 0.25) is 0 Å². The number of anilines is 1. The second-order valence-corrected chi connectivity index (χ2v) is 5.69. The van der Waals surface area contributed by atoms with Gasteiger partial charge in [-0.15, -0.1) is 0 Å². The minimum Gasteiger partial charge on any atom is -0.376 e. The molecule has 1 heterocycles. The van der Waals surface area contributed by atoms with E-state index in [0.717, 1.165) is 32.5 Å². The normalized spacial score (nSPS) is 20.9. The molecule has 1 aromatic rings. The Hall–Kier alpha value is -1.06. The van der Waals surface area contributed by atoms with E-state index < -0.39 is 0 Å². The van der Waals surface area contributed by atoms with Gasteiger partial charge in [-0.1, -0.05) is 26.0 Å². The van der Waals surface area contributed by atoms with Gasteiger partial charge >= 0.3 is 0 Å². The van der Waals surface area contributed by atoms with Crippen molar-refractivity contribution in [1.82, 2.24) is 0 Å². The SMILES string of the molecule is CCCOC1CCCN(c2ccc(C(N)CC)cc2)C1. The van der Waals surface area contributed by atoms with Gasteiger partial charge in [0.25, 0.3) is 0 Å². The Bertz CT molecular complexity index is 390. The highest BCUT2D eigenvalue weighted by Gasteiger charge is 2.20. The van der Waals surface area contributed by atoms with Crippen LogP contribution in [0.1, 0.15) is 51.1 Å². The maximum absolute atomic E-state index is 6.07. The van der Waals surface area contributed by atoms with Crippen LogP contribution in [0.2, 0.25) is 0 Å². The van der Waals surface area contributed by atoms with Crippen LogP contribution < -0.4 is 10.6 Å². The van der Waals surface area contributed by atoms with Crippen LogP contribution in [-0.2, 0) is 4.74 Å². The monoisotopic (exact) mass is 276 g/mol. The molecule has 0 amide bonds. The van der Waals surface area contributed by atoms with Gasteiger partial charge in [-0.25, -0.2) is 0 Å². The Labute approximate surface area is 123 Å². The third kappa shape index (κ3) is 3.97. The molecule has 3 nitrogen and oxygen atoms in total. The summed E-state index contributed by atoms with van der Waals surface area (Å²) in [7, 11) is 0. The van der Waals surface area contributed by atoms with Crippen molar-refractivity contribution in [1.29, 1.82) is 0 Å². The highest BCUT2D eigenvalue weighted by atomic mass is 16.5. The zero-order chi connectivity index (χ0) is 14.4. The largest absolute Gasteiger partial charge is 0.376 e. The average molecular weight is 276 g/mol. The number of benzene rings is 1. The maximum Gasteiger partial charge on any atom is 0.0750 e. The van der Waals surface area contributed by atoms with Crippen LogP contribution in [0.3, 0.4) is 0 Å². The van der Waals surface area contributed by atoms with Crippen molar-refractivity contribution in [3.8, 4) is 0 Å². The predicted octanol–water partition coefficient (Wildman–Crippen LogP) is 3.49. The fourth-order valence-corrected chi connectivity index (χ4v) is 2.76. The summed E-state index contributed by atoms with van der Waals surface area (Å²) in [5.74, 6) is 0. The number of nitrogens with two attached hydrogens (primary N) is 1. The highest BCUT2D eigenvalue weighted by Crippen LogP contribution is 2.23. The number of nitrogens with zero attached hydrogens (tertiary/aromatic N) is 1. The van der Waals surface area contributed by atoms with Gasteiger partial charge in [0.1, 0.15) is 0 Å². The molecule has 1 saturated heterocycles. The molecule has 1 aliphatic heterocycles. The fourth-order valence-electron chi connectivity index (χ4n) is 2.76. The lowest BCUT2D eigenvalue weighted by atomic mass is 10.0. The van der Waals surface area contributed by atoms with Gasteiger partial charge in [0.05, 0.1) is 6.10 Å². The second kappa shape index (κ2) is 7.65. The first kappa shape index (κ1) is 15.3. The van der Waals surface area contributed by atoms with E-state index in [4.69, 9.17) is 10.5 Å². The molecule has 2 unspecified atom stereocenters. The van der Waals surface area contributed by atoms with Gasteiger partial charge in [0.15, 0.2) is 0 Å². The van der Waals surface area contributed by atoms with E-state index >= 15 is 0 Å². The third-order valence-corrected chi connectivity index (χ3v) is 4.06. The number of piperidine rings is 1. The minimum atomic E-state index is 0.158. The molecular formula is C17H28N2O. The van der Waals surface area contributed by atoms with Crippen LogP contribution in [0.4, 0.5) is 5.69 Å². The number of rotatable bonds is 6. The number of ether oxygens (including phenoxy) is 1. The van der Waals surface area contributed by atoms with E-state index in [1.165, 1.54) is 24.1 Å². The minimum absolute atomic E-state index is 0.158. The van der Waals surface area contributed by atoms with Crippen LogP contribution in [0.15, 0.2) is 24.3 Å². The van der Waals surface area contributed by atoms with E-state index in [2.05, 4.69) is 43.0 Å². The number of hydrogen-bond acceptors (Lipinski definition) is 3. The Morgan fingerprint density at radius 2 is 2.05 bits per heavy atom. The summed E-state index contributed by atoms with van der Waals surface area (Å²) in [5, 5.41) is 0. The highest BCUT2D eigenvalue weighted by molar-refractivity contribution is 5.48. The summed E-state index contributed by atoms with van der Waals surface area (Å²) in [6.07, 6.45) is 4.87. The van der Waals surface area contributed by atoms with Gasteiger partial charge < -0.3 is 15.4 Å². The summed E-state index contributed by atoms with van der Waals surface area (Å²) in [5.41, 5.74) is 8.59. The van der Waals surface area contributed by atoms with Crippen LogP contribution in [0.25, 0.3) is 0 Å². The average Bonchev–Trinajstić information content (AvgIpc) is 2.52. The molecule has 0 radical (unpaired) electrons. The molecule has 1 fully saturated rings. The summed E-state index contributed by atoms with van der Waals surface area (Å²) in [6, 6.07) is 8.89. The smallest absolute Gasteiger partial charge is 0.0750 e. The van der Waals surface area contributed by atoms with E-state index in [9.17, 15) is 0 Å². The van der Waals surface area contributed by atoms with Crippen molar-refractivity contribution < 1.29 is 4.74 Å². The fraction of sp³-hybridized carbons (Fsp3) is 0.647. The summed E-state index contributed by atoms with van der Waals surface area (Å²) in [6.45, 7) is 7.31. The van der Waals surface area contributed by atoms with Gasteiger partial charge in [-0.3, -0.25) is 0 Å². The van der Waals surface area contributed by atoms with Gasteiger partial charge in [0, 0.05) is 31.4 Å². The Kier molecular flexibility index (Phi) is 5.86. The van der Waals surface area contributed by atoms with E-state index in [1.54, 1.807) is 0 Å². The zero-order valence-corrected chi connectivity index (χ0v) is 12.8. The van der Waals surface area contributed by atoms with Crippen LogP contribution in [0.5, 0.6) is 0 Å². The van der Waals surface area contributed by atoms with Crippen molar-refractivity contribution in [3.63, 3.8) is 0 Å². The molecule has 0 bridgehead atoms. The lowest BCUT2D eigenvalue weighted by Gasteiger charge is -2.34. The predicted molar refractivity (Wildman–Crippen MR) is 85.1 cm³/mol. The van der Waals surface area contributed by atoms with Crippen molar-refractivity contribution in [2.75, 3.05) is 24.6 Å². The first-order chi connectivity index (χ1) is 9.74. The van der Waals surface area contributed by atoms with E-state index in [0.29, 0.717) is 6.10 Å². The van der Waals surface area contributed by atoms with Crippen molar-refractivity contribution in [3.05, 3.63) is 29.8 Å². The first-order valence-corrected chi connectivity index (χ1v) is 7.96. The Morgan fingerprint density at radius 1 is 1.30 bits per heavy atom. The topological polar surface area (TPSA) is 38.5 Å². The molecule has 0 aliphatic carbocycles. The van der Waals surface area contributed by atoms with Crippen LogP contribution >= 0.6 is 0 Å². The molecule has 2 atom stereocenters. The second-order valence-electron chi connectivity index (χ2n) is 5.69. The van der Waals surface area contributed by atoms with Crippen molar-refractivity contribution in [2.45, 2.75) is 51.7 Å². The molecule has 3 heteroatoms. The van der Waals surface area contributed by atoms with E-state index in [1.807, 2.05) is 0 Å². The quantitative estimate of drug-likeness (QED) is 0.864. The Balaban J connectivity index is 1.96. The molecule has 2 rings (SSSR count). The van der Waals surface area contributed by atoms with E-state index in [-0.39, 0.29) is 6.04 Å². The lowest BCUT2D eigenvalue weighted by molar-refractivity contribution is 0.0440. The first-order valence-electron chi connectivity index (χ1n) is 7.96. The molecule has 20 heavy (non-hydrogen) atoms. The number of hydrogen-bond donors (Lipinski definition) is 1. The Morgan fingerprint density at radius 3 is 2.70 bits per heavy atom. The van der Waals surface area contributed by atoms with Gasteiger partial charge in [-0.2, -0.15) is 0 Å². The van der Waals surface area contributed by atoms with Crippen molar-refractivity contribution >= 4 is 5.69 Å². The molecule has 1 aliphatic rings.